The lowest BCUT2D eigenvalue weighted by molar-refractivity contribution is -0.146. The molecule has 0 saturated heterocycles. The Balaban J connectivity index is 1.75. The van der Waals surface area contributed by atoms with Crippen molar-refractivity contribution in [1.82, 2.24) is 5.32 Å². The van der Waals surface area contributed by atoms with E-state index < -0.39 is 36.8 Å². The molecule has 136 valence electrons. The fourth-order valence-corrected chi connectivity index (χ4v) is 2.43. The highest BCUT2D eigenvalue weighted by Crippen LogP contribution is 2.22. The molecule has 2 rings (SSSR count). The SMILES string of the molecule is O=C(COC(=O)CNC(=O)c1cccc(F)c1)Nc1cc(Cl)cc(Cl)c1. The summed E-state index contributed by atoms with van der Waals surface area (Å²) in [6.07, 6.45) is 0. The number of hydrogen-bond acceptors (Lipinski definition) is 4. The quantitative estimate of drug-likeness (QED) is 0.732. The Morgan fingerprint density at radius 3 is 2.38 bits per heavy atom. The van der Waals surface area contributed by atoms with E-state index in [1.807, 2.05) is 0 Å². The lowest BCUT2D eigenvalue weighted by Crippen LogP contribution is -2.32. The van der Waals surface area contributed by atoms with Crippen molar-refractivity contribution < 1.29 is 23.5 Å². The maximum Gasteiger partial charge on any atom is 0.325 e. The molecule has 0 aliphatic carbocycles. The molecule has 0 heterocycles. The van der Waals surface area contributed by atoms with E-state index in [0.29, 0.717) is 15.7 Å². The van der Waals surface area contributed by atoms with Crippen LogP contribution in [-0.2, 0) is 14.3 Å². The summed E-state index contributed by atoms with van der Waals surface area (Å²) in [5.41, 5.74) is 0.413. The van der Waals surface area contributed by atoms with Crippen LogP contribution in [0.3, 0.4) is 0 Å². The molecule has 2 aromatic rings. The number of ether oxygens (including phenoxy) is 1. The molecule has 9 heteroatoms. The average Bonchev–Trinajstić information content (AvgIpc) is 2.57. The van der Waals surface area contributed by atoms with Crippen molar-refractivity contribution in [2.75, 3.05) is 18.5 Å². The van der Waals surface area contributed by atoms with Gasteiger partial charge >= 0.3 is 5.97 Å². The Labute approximate surface area is 158 Å². The number of hydrogen-bond donors (Lipinski definition) is 2. The van der Waals surface area contributed by atoms with Crippen LogP contribution in [0.1, 0.15) is 10.4 Å². The van der Waals surface area contributed by atoms with Crippen LogP contribution in [0.25, 0.3) is 0 Å². The van der Waals surface area contributed by atoms with Crippen LogP contribution >= 0.6 is 23.2 Å². The number of esters is 1. The second-order valence-electron chi connectivity index (χ2n) is 5.06. The minimum atomic E-state index is -0.825. The fourth-order valence-electron chi connectivity index (χ4n) is 1.90. The first-order valence-corrected chi connectivity index (χ1v) is 8.04. The van der Waals surface area contributed by atoms with Gasteiger partial charge in [0.15, 0.2) is 6.61 Å². The topological polar surface area (TPSA) is 84.5 Å². The monoisotopic (exact) mass is 398 g/mol. The highest BCUT2D eigenvalue weighted by molar-refractivity contribution is 6.35. The third-order valence-electron chi connectivity index (χ3n) is 2.99. The van der Waals surface area contributed by atoms with Crippen molar-refractivity contribution in [3.63, 3.8) is 0 Å². The zero-order valence-electron chi connectivity index (χ0n) is 13.2. The van der Waals surface area contributed by atoms with Gasteiger partial charge in [0, 0.05) is 21.3 Å². The van der Waals surface area contributed by atoms with Crippen molar-refractivity contribution >= 4 is 46.7 Å². The maximum atomic E-state index is 13.0. The number of anilines is 1. The van der Waals surface area contributed by atoms with Gasteiger partial charge in [0.05, 0.1) is 0 Å². The van der Waals surface area contributed by atoms with E-state index in [4.69, 9.17) is 27.9 Å². The first kappa shape index (κ1) is 19.7. The highest BCUT2D eigenvalue weighted by Gasteiger charge is 2.12. The summed E-state index contributed by atoms with van der Waals surface area (Å²) >= 11 is 11.6. The van der Waals surface area contributed by atoms with Gasteiger partial charge in [-0.25, -0.2) is 4.39 Å². The second kappa shape index (κ2) is 9.17. The molecule has 2 aromatic carbocycles. The number of amides is 2. The average molecular weight is 399 g/mol. The van der Waals surface area contributed by atoms with Gasteiger partial charge in [-0.1, -0.05) is 29.3 Å². The van der Waals surface area contributed by atoms with Crippen molar-refractivity contribution in [1.29, 1.82) is 0 Å². The molecular formula is C17H13Cl2FN2O4. The molecule has 2 N–H and O–H groups in total. The van der Waals surface area contributed by atoms with Crippen LogP contribution in [0, 0.1) is 5.82 Å². The Hall–Kier alpha value is -2.64. The van der Waals surface area contributed by atoms with Gasteiger partial charge in [-0.3, -0.25) is 14.4 Å². The van der Waals surface area contributed by atoms with Gasteiger partial charge in [-0.2, -0.15) is 0 Å². The largest absolute Gasteiger partial charge is 0.454 e. The van der Waals surface area contributed by atoms with Crippen molar-refractivity contribution in [3.8, 4) is 0 Å². The van der Waals surface area contributed by atoms with Crippen molar-refractivity contribution in [2.45, 2.75) is 0 Å². The molecule has 0 unspecified atom stereocenters. The molecule has 0 bridgehead atoms. The number of halogens is 3. The van der Waals surface area contributed by atoms with Crippen LogP contribution in [-0.4, -0.2) is 30.9 Å². The van der Waals surface area contributed by atoms with Crippen molar-refractivity contribution in [3.05, 3.63) is 63.9 Å². The molecule has 6 nitrogen and oxygen atoms in total. The van der Waals surface area contributed by atoms with E-state index in [1.54, 1.807) is 0 Å². The predicted molar refractivity (Wildman–Crippen MR) is 94.8 cm³/mol. The molecule has 0 spiro atoms. The minimum absolute atomic E-state index is 0.0633. The normalized spacial score (nSPS) is 10.1. The summed E-state index contributed by atoms with van der Waals surface area (Å²) < 4.78 is 17.8. The summed E-state index contributed by atoms with van der Waals surface area (Å²) in [5, 5.41) is 5.41. The summed E-state index contributed by atoms with van der Waals surface area (Å²) in [6, 6.07) is 9.45. The zero-order chi connectivity index (χ0) is 19.1. The van der Waals surface area contributed by atoms with Gasteiger partial charge < -0.3 is 15.4 Å². The third-order valence-corrected chi connectivity index (χ3v) is 3.43. The standard InChI is InChI=1S/C17H13Cl2FN2O4/c18-11-5-12(19)7-14(6-11)22-15(23)9-26-16(24)8-21-17(25)10-2-1-3-13(20)4-10/h1-7H,8-9H2,(H,21,25)(H,22,23). The van der Waals surface area contributed by atoms with Crippen LogP contribution < -0.4 is 10.6 Å². The summed E-state index contributed by atoms with van der Waals surface area (Å²) in [4.78, 5) is 35.1. The third kappa shape index (κ3) is 6.34. The van der Waals surface area contributed by atoms with E-state index in [2.05, 4.69) is 10.6 Å². The van der Waals surface area contributed by atoms with E-state index in [0.717, 1.165) is 6.07 Å². The maximum absolute atomic E-state index is 13.0. The van der Waals surface area contributed by atoms with Gasteiger partial charge in [0.25, 0.3) is 11.8 Å². The van der Waals surface area contributed by atoms with Gasteiger partial charge in [0.1, 0.15) is 12.4 Å². The van der Waals surface area contributed by atoms with Crippen LogP contribution in [0.4, 0.5) is 10.1 Å². The van der Waals surface area contributed by atoms with Crippen LogP contribution in [0.5, 0.6) is 0 Å². The molecule has 0 saturated carbocycles. The van der Waals surface area contributed by atoms with Crippen molar-refractivity contribution in [2.24, 2.45) is 0 Å². The summed E-state index contributed by atoms with van der Waals surface area (Å²) in [5.74, 6) is -2.64. The molecule has 0 aliphatic heterocycles. The number of nitrogens with one attached hydrogen (secondary N) is 2. The summed E-state index contributed by atoms with van der Waals surface area (Å²) in [6.45, 7) is -1.02. The first-order chi connectivity index (χ1) is 12.3. The van der Waals surface area contributed by atoms with E-state index in [1.165, 1.54) is 36.4 Å². The number of rotatable bonds is 6. The van der Waals surface area contributed by atoms with Gasteiger partial charge in [-0.05, 0) is 36.4 Å². The first-order valence-electron chi connectivity index (χ1n) is 7.29. The van der Waals surface area contributed by atoms with Gasteiger partial charge in [-0.15, -0.1) is 0 Å². The molecule has 0 aromatic heterocycles. The van der Waals surface area contributed by atoms with Gasteiger partial charge in [0.2, 0.25) is 0 Å². The van der Waals surface area contributed by atoms with Crippen LogP contribution in [0.15, 0.2) is 42.5 Å². The smallest absolute Gasteiger partial charge is 0.325 e. The zero-order valence-corrected chi connectivity index (χ0v) is 14.7. The van der Waals surface area contributed by atoms with Crippen LogP contribution in [0.2, 0.25) is 10.0 Å². The molecule has 2 amide bonds. The van der Waals surface area contributed by atoms with E-state index in [9.17, 15) is 18.8 Å². The Kier molecular flexibility index (Phi) is 6.94. The number of carbonyl (C=O) groups is 3. The lowest BCUT2D eigenvalue weighted by atomic mass is 10.2. The second-order valence-corrected chi connectivity index (χ2v) is 5.93. The molecule has 26 heavy (non-hydrogen) atoms. The Morgan fingerprint density at radius 1 is 1.04 bits per heavy atom. The molecular weight excluding hydrogens is 386 g/mol. The predicted octanol–water partition coefficient (Wildman–Crippen LogP) is 3.04. The highest BCUT2D eigenvalue weighted by atomic mass is 35.5. The Morgan fingerprint density at radius 2 is 1.73 bits per heavy atom. The Bertz CT molecular complexity index is 825. The fraction of sp³-hybridized carbons (Fsp3) is 0.118. The minimum Gasteiger partial charge on any atom is -0.454 e. The van der Waals surface area contributed by atoms with E-state index >= 15 is 0 Å². The lowest BCUT2D eigenvalue weighted by Gasteiger charge is -2.08. The molecule has 0 radical (unpaired) electrons. The van der Waals surface area contributed by atoms with E-state index in [-0.39, 0.29) is 5.56 Å². The molecule has 0 aliphatic rings. The molecule has 0 fully saturated rings. The summed E-state index contributed by atoms with van der Waals surface area (Å²) in [7, 11) is 0. The number of benzene rings is 2. The molecule has 0 atom stereocenters. The number of carbonyl (C=O) groups excluding carboxylic acids is 3.